The molecule has 242 valence electrons. The normalized spacial score (nSPS) is 11.7. The van der Waals surface area contributed by atoms with Gasteiger partial charge in [0.2, 0.25) is 0 Å². The number of halogens is 12. The molecule has 0 bridgehead atoms. The fourth-order valence-electron chi connectivity index (χ4n) is 4.32. The van der Waals surface area contributed by atoms with E-state index in [1.54, 1.807) is 6.08 Å². The van der Waals surface area contributed by atoms with Gasteiger partial charge >= 0.3 is 12.2 Å². The summed E-state index contributed by atoms with van der Waals surface area (Å²) in [7, 11) is 0. The first-order valence-corrected chi connectivity index (χ1v) is 12.9. The van der Waals surface area contributed by atoms with E-state index in [1.807, 2.05) is 0 Å². The molecule has 0 aromatic heterocycles. The zero-order valence-corrected chi connectivity index (χ0v) is 22.9. The Morgan fingerprint density at radius 3 is 1.67 bits per heavy atom. The van der Waals surface area contributed by atoms with Crippen molar-refractivity contribution in [1.82, 2.24) is 0 Å². The molecule has 0 aliphatic heterocycles. The lowest BCUT2D eigenvalue weighted by atomic mass is 9.99. The molecule has 0 spiro atoms. The Morgan fingerprint density at radius 2 is 1.17 bits per heavy atom. The van der Waals surface area contributed by atoms with Crippen molar-refractivity contribution in [1.29, 1.82) is 0 Å². The number of hydrogen-bond acceptors (Lipinski definition) is 2. The van der Waals surface area contributed by atoms with Gasteiger partial charge in [-0.15, -0.1) is 6.58 Å². The van der Waals surface area contributed by atoms with E-state index in [0.717, 1.165) is 6.07 Å². The first-order valence-electron chi connectivity index (χ1n) is 12.9. The zero-order chi connectivity index (χ0) is 34.0. The number of aryl methyl sites for hydroxylation is 1. The quantitative estimate of drug-likeness (QED) is 0.118. The largest absolute Gasteiger partial charge is 0.432 e. The molecule has 4 aromatic carbocycles. The molecular weight excluding hydrogens is 644 g/mol. The highest BCUT2D eigenvalue weighted by atomic mass is 19.3. The van der Waals surface area contributed by atoms with Crippen LogP contribution in [0.15, 0.2) is 85.5 Å². The second-order valence-electron chi connectivity index (χ2n) is 9.58. The summed E-state index contributed by atoms with van der Waals surface area (Å²) in [5, 5.41) is 0. The molecule has 0 N–H and O–H groups in total. The van der Waals surface area contributed by atoms with Gasteiger partial charge in [0.25, 0.3) is 6.08 Å². The summed E-state index contributed by atoms with van der Waals surface area (Å²) in [4.78, 5) is 0. The highest BCUT2D eigenvalue weighted by Gasteiger charge is 2.41. The maximum absolute atomic E-state index is 14.9. The van der Waals surface area contributed by atoms with Crippen LogP contribution in [0, 0.1) is 34.9 Å². The number of hydrogen-bond donors (Lipinski definition) is 0. The number of rotatable bonds is 11. The molecule has 46 heavy (non-hydrogen) atoms. The first-order chi connectivity index (χ1) is 21.5. The molecule has 0 atom stereocenters. The monoisotopic (exact) mass is 662 g/mol. The van der Waals surface area contributed by atoms with Crippen molar-refractivity contribution < 1.29 is 62.2 Å². The molecule has 0 saturated heterocycles. The van der Waals surface area contributed by atoms with Crippen LogP contribution in [-0.2, 0) is 12.5 Å². The highest BCUT2D eigenvalue weighted by Crippen LogP contribution is 2.39. The smallest absolute Gasteiger partial charge is 0.429 e. The van der Waals surface area contributed by atoms with Gasteiger partial charge in [-0.1, -0.05) is 18.2 Å². The number of benzene rings is 4. The van der Waals surface area contributed by atoms with Gasteiger partial charge < -0.3 is 9.47 Å². The molecule has 4 aromatic rings. The number of alkyl halides is 4. The summed E-state index contributed by atoms with van der Waals surface area (Å²) in [6.07, 6.45) is -10.9. The van der Waals surface area contributed by atoms with Crippen LogP contribution < -0.4 is 9.47 Å². The molecule has 0 saturated carbocycles. The highest BCUT2D eigenvalue weighted by molar-refractivity contribution is 5.67. The Hall–Kier alpha value is -4.88. The molecule has 4 rings (SSSR count). The molecule has 0 fully saturated rings. The molecule has 0 unspecified atom stereocenters. The summed E-state index contributed by atoms with van der Waals surface area (Å²) < 4.78 is 177. The minimum Gasteiger partial charge on any atom is -0.429 e. The van der Waals surface area contributed by atoms with E-state index in [2.05, 4.69) is 16.1 Å². The van der Waals surface area contributed by atoms with Gasteiger partial charge in [0.05, 0.1) is 6.08 Å². The van der Waals surface area contributed by atoms with Crippen LogP contribution in [0.25, 0.3) is 22.3 Å². The van der Waals surface area contributed by atoms with E-state index in [-0.39, 0.29) is 11.6 Å². The van der Waals surface area contributed by atoms with Crippen molar-refractivity contribution in [3.05, 3.63) is 132 Å². The second-order valence-corrected chi connectivity index (χ2v) is 9.58. The summed E-state index contributed by atoms with van der Waals surface area (Å²) >= 11 is 0. The zero-order valence-electron chi connectivity index (χ0n) is 22.9. The van der Waals surface area contributed by atoms with Crippen LogP contribution in [0.3, 0.4) is 0 Å². The predicted octanol–water partition coefficient (Wildman–Crippen LogP) is 10.9. The van der Waals surface area contributed by atoms with E-state index in [9.17, 15) is 52.7 Å². The van der Waals surface area contributed by atoms with Gasteiger partial charge in [-0.25, -0.2) is 26.3 Å². The Labute approximate surface area is 252 Å². The average molecular weight is 662 g/mol. The van der Waals surface area contributed by atoms with Crippen molar-refractivity contribution in [3.8, 4) is 33.8 Å². The predicted molar refractivity (Wildman–Crippen MR) is 142 cm³/mol. The minimum absolute atomic E-state index is 0.278. The molecular formula is C32H18F12O2. The van der Waals surface area contributed by atoms with Gasteiger partial charge in [0, 0.05) is 17.2 Å². The van der Waals surface area contributed by atoms with E-state index in [0.29, 0.717) is 54.8 Å². The lowest BCUT2D eigenvalue weighted by molar-refractivity contribution is -0.189. The average Bonchev–Trinajstić information content (AvgIpc) is 2.92. The molecule has 0 heterocycles. The molecule has 2 nitrogen and oxygen atoms in total. The first kappa shape index (κ1) is 34.0. The topological polar surface area (TPSA) is 18.5 Å². The standard InChI is InChI=1S/C32H18F12O2/c1-2-3-4-16-5-7-20(22(33)9-16)17-10-24(35)29(25(36)11-17)32(43,44)45-19-6-8-21(23(34)14-19)18-12-26(37)30(27(38)13-18)46-31(41,42)15-28(39)40/h2,5-15H,1,3-4H2. The lowest BCUT2D eigenvalue weighted by Crippen LogP contribution is -2.25. The molecule has 0 amide bonds. The Kier molecular flexibility index (Phi) is 9.78. The maximum atomic E-state index is 14.9. The van der Waals surface area contributed by atoms with E-state index in [1.165, 1.54) is 12.1 Å². The van der Waals surface area contributed by atoms with Gasteiger partial charge in [0.15, 0.2) is 17.4 Å². The summed E-state index contributed by atoms with van der Waals surface area (Å²) in [6.45, 7) is 3.55. The van der Waals surface area contributed by atoms with Crippen molar-refractivity contribution in [2.75, 3.05) is 0 Å². The molecule has 14 heteroatoms. The SMILES string of the molecule is C=CCCc1ccc(-c2cc(F)c(C(F)(F)Oc3ccc(-c4cc(F)c(OC(F)(F)C=C(F)F)c(F)c4)c(F)c3)c(F)c2)c(F)c1. The van der Waals surface area contributed by atoms with E-state index in [4.69, 9.17) is 0 Å². The van der Waals surface area contributed by atoms with Crippen LogP contribution in [0.1, 0.15) is 17.5 Å². The summed E-state index contributed by atoms with van der Waals surface area (Å²) in [5.41, 5.74) is -3.35. The molecule has 0 radical (unpaired) electrons. The third-order valence-electron chi connectivity index (χ3n) is 6.33. The minimum atomic E-state index is -4.82. The fraction of sp³-hybridized carbons (Fsp3) is 0.125. The second kappa shape index (κ2) is 13.2. The third-order valence-corrected chi connectivity index (χ3v) is 6.33. The lowest BCUT2D eigenvalue weighted by Gasteiger charge is -2.20. The van der Waals surface area contributed by atoms with Gasteiger partial charge in [-0.05, 0) is 72.0 Å². The molecule has 0 aliphatic carbocycles. The van der Waals surface area contributed by atoms with Gasteiger partial charge in [-0.3, -0.25) is 0 Å². The number of allylic oxidation sites excluding steroid dienone is 1. The van der Waals surface area contributed by atoms with Crippen molar-refractivity contribution in [2.24, 2.45) is 0 Å². The van der Waals surface area contributed by atoms with Crippen LogP contribution in [-0.4, -0.2) is 6.11 Å². The summed E-state index contributed by atoms with van der Waals surface area (Å²) in [5.74, 6) is -12.5. The van der Waals surface area contributed by atoms with Crippen molar-refractivity contribution in [3.63, 3.8) is 0 Å². The van der Waals surface area contributed by atoms with Gasteiger partial charge in [-0.2, -0.15) is 26.3 Å². The van der Waals surface area contributed by atoms with Crippen LogP contribution in [0.2, 0.25) is 0 Å². The summed E-state index contributed by atoms with van der Waals surface area (Å²) in [6, 6.07) is 6.92. The number of ether oxygens (including phenoxy) is 2. The Bertz CT molecular complexity index is 1770. The Morgan fingerprint density at radius 1 is 0.652 bits per heavy atom. The van der Waals surface area contributed by atoms with Gasteiger partial charge in [0.1, 0.15) is 34.6 Å². The van der Waals surface area contributed by atoms with Crippen LogP contribution >= 0.6 is 0 Å². The van der Waals surface area contributed by atoms with Crippen molar-refractivity contribution >= 4 is 0 Å². The molecule has 0 aliphatic rings. The van der Waals surface area contributed by atoms with E-state index >= 15 is 0 Å². The maximum Gasteiger partial charge on any atom is 0.432 e. The fourth-order valence-corrected chi connectivity index (χ4v) is 4.32. The van der Waals surface area contributed by atoms with Crippen LogP contribution in [0.4, 0.5) is 52.7 Å². The Balaban J connectivity index is 1.58. The third kappa shape index (κ3) is 7.66. The van der Waals surface area contributed by atoms with Crippen LogP contribution in [0.5, 0.6) is 11.5 Å². The van der Waals surface area contributed by atoms with Crippen molar-refractivity contribution in [2.45, 2.75) is 25.1 Å². The van der Waals surface area contributed by atoms with E-state index < -0.39 is 93.0 Å².